The van der Waals surface area contributed by atoms with Crippen molar-refractivity contribution in [2.75, 3.05) is 47.5 Å². The summed E-state index contributed by atoms with van der Waals surface area (Å²) in [4.78, 5) is 34.5. The first kappa shape index (κ1) is 37.0. The van der Waals surface area contributed by atoms with Crippen LogP contribution in [0.15, 0.2) is 0 Å². The number of phosphoric ester groups is 1. The van der Waals surface area contributed by atoms with E-state index >= 15 is 0 Å². The summed E-state index contributed by atoms with van der Waals surface area (Å²) >= 11 is 0. The number of carbonyl (C=O) groups is 2. The lowest BCUT2D eigenvalue weighted by molar-refractivity contribution is -0.870. The summed E-state index contributed by atoms with van der Waals surface area (Å²) in [5.74, 6) is -0.820. The highest BCUT2D eigenvalue weighted by Gasteiger charge is 2.27. The molecule has 10 heteroatoms. The molecular formula is C28H57NO8P+. The molecule has 0 saturated heterocycles. The summed E-state index contributed by atoms with van der Waals surface area (Å²) in [5.41, 5.74) is 0. The number of rotatable bonds is 26. The highest BCUT2D eigenvalue weighted by atomic mass is 31.2. The molecule has 0 bridgehead atoms. The standard InChI is InChI=1S/C28H56NO8P/c1-6-8-10-12-13-14-15-16-17-19-21-28(31)37-26(24-34-27(30)20-18-11-9-7-2)25-36-38(32,33)35-23-22-29(3,4)5/h26H,6-25H2,1-5H3/p+1/t26-/m1/s1. The second kappa shape index (κ2) is 22.8. The third-order valence-corrected chi connectivity index (χ3v) is 7.12. The van der Waals surface area contributed by atoms with Gasteiger partial charge in [0, 0.05) is 12.8 Å². The fourth-order valence-corrected chi connectivity index (χ4v) is 4.46. The van der Waals surface area contributed by atoms with Gasteiger partial charge in [-0.3, -0.25) is 18.6 Å². The van der Waals surface area contributed by atoms with Gasteiger partial charge in [0.05, 0.1) is 27.7 Å². The number of carbonyl (C=O) groups excluding carboxylic acids is 2. The number of ether oxygens (including phenoxy) is 2. The van der Waals surface area contributed by atoms with Gasteiger partial charge in [0.15, 0.2) is 6.10 Å². The van der Waals surface area contributed by atoms with E-state index in [0.717, 1.165) is 38.5 Å². The normalized spacial score (nSPS) is 14.2. The highest BCUT2D eigenvalue weighted by molar-refractivity contribution is 7.47. The van der Waals surface area contributed by atoms with Gasteiger partial charge in [0.25, 0.3) is 0 Å². The molecular weight excluding hydrogens is 509 g/mol. The minimum Gasteiger partial charge on any atom is -0.462 e. The Labute approximate surface area is 232 Å². The van der Waals surface area contributed by atoms with E-state index in [2.05, 4.69) is 13.8 Å². The van der Waals surface area contributed by atoms with Crippen LogP contribution in [0.2, 0.25) is 0 Å². The zero-order valence-electron chi connectivity index (χ0n) is 24.9. The van der Waals surface area contributed by atoms with E-state index in [1.807, 2.05) is 21.1 Å². The van der Waals surface area contributed by atoms with Crippen LogP contribution in [0.4, 0.5) is 0 Å². The van der Waals surface area contributed by atoms with Crippen molar-refractivity contribution < 1.29 is 42.1 Å². The average Bonchev–Trinajstić information content (AvgIpc) is 2.83. The first-order valence-electron chi connectivity index (χ1n) is 14.8. The number of nitrogens with zero attached hydrogens (tertiary/aromatic N) is 1. The molecule has 0 amide bonds. The van der Waals surface area contributed by atoms with Gasteiger partial charge in [0.2, 0.25) is 0 Å². The van der Waals surface area contributed by atoms with Crippen LogP contribution in [-0.4, -0.2) is 74.9 Å². The number of phosphoric acid groups is 1. The van der Waals surface area contributed by atoms with Gasteiger partial charge in [0.1, 0.15) is 19.8 Å². The van der Waals surface area contributed by atoms with Crippen molar-refractivity contribution in [3.05, 3.63) is 0 Å². The van der Waals surface area contributed by atoms with Crippen molar-refractivity contribution in [3.8, 4) is 0 Å². The number of hydrogen-bond acceptors (Lipinski definition) is 7. The smallest absolute Gasteiger partial charge is 0.462 e. The summed E-state index contributed by atoms with van der Waals surface area (Å²) in [5, 5.41) is 0. The van der Waals surface area contributed by atoms with Crippen LogP contribution >= 0.6 is 7.82 Å². The highest BCUT2D eigenvalue weighted by Crippen LogP contribution is 2.43. The Morgan fingerprint density at radius 1 is 0.711 bits per heavy atom. The zero-order valence-corrected chi connectivity index (χ0v) is 25.8. The molecule has 0 aromatic heterocycles. The number of hydrogen-bond donors (Lipinski definition) is 1. The van der Waals surface area contributed by atoms with Gasteiger partial charge in [-0.05, 0) is 12.8 Å². The third-order valence-electron chi connectivity index (χ3n) is 6.14. The molecule has 0 radical (unpaired) electrons. The molecule has 0 saturated carbocycles. The molecule has 9 nitrogen and oxygen atoms in total. The first-order valence-corrected chi connectivity index (χ1v) is 16.3. The van der Waals surface area contributed by atoms with Crippen molar-refractivity contribution in [1.29, 1.82) is 0 Å². The molecule has 2 atom stereocenters. The molecule has 38 heavy (non-hydrogen) atoms. The molecule has 0 fully saturated rings. The molecule has 1 unspecified atom stereocenters. The molecule has 0 aliphatic carbocycles. The Morgan fingerprint density at radius 3 is 1.71 bits per heavy atom. The largest absolute Gasteiger partial charge is 0.472 e. The summed E-state index contributed by atoms with van der Waals surface area (Å²) < 4.78 is 33.6. The van der Waals surface area contributed by atoms with E-state index in [0.29, 0.717) is 17.4 Å². The molecule has 0 aliphatic heterocycles. The number of unbranched alkanes of at least 4 members (excludes halogenated alkanes) is 12. The molecule has 0 aromatic rings. The van der Waals surface area contributed by atoms with Crippen LogP contribution in [0, 0.1) is 0 Å². The van der Waals surface area contributed by atoms with Gasteiger partial charge in [-0.15, -0.1) is 0 Å². The van der Waals surface area contributed by atoms with Crippen molar-refractivity contribution in [2.45, 2.75) is 123 Å². The van der Waals surface area contributed by atoms with Crippen LogP contribution < -0.4 is 0 Å². The second-order valence-corrected chi connectivity index (χ2v) is 12.6. The van der Waals surface area contributed by atoms with Crippen LogP contribution in [0.1, 0.15) is 117 Å². The van der Waals surface area contributed by atoms with Crippen LogP contribution in [0.3, 0.4) is 0 Å². The number of quaternary nitrogens is 1. The maximum absolute atomic E-state index is 12.4. The summed E-state index contributed by atoms with van der Waals surface area (Å²) in [6.07, 6.45) is 15.0. The Kier molecular flexibility index (Phi) is 22.2. The average molecular weight is 567 g/mol. The minimum absolute atomic E-state index is 0.0349. The number of esters is 2. The van der Waals surface area contributed by atoms with Gasteiger partial charge >= 0.3 is 19.8 Å². The Bertz CT molecular complexity index is 653. The van der Waals surface area contributed by atoms with Gasteiger partial charge in [-0.25, -0.2) is 4.57 Å². The minimum atomic E-state index is -4.34. The molecule has 0 spiro atoms. The van der Waals surface area contributed by atoms with Gasteiger partial charge in [-0.1, -0.05) is 90.9 Å². The van der Waals surface area contributed by atoms with E-state index < -0.39 is 26.5 Å². The summed E-state index contributed by atoms with van der Waals surface area (Å²) in [6, 6.07) is 0. The fourth-order valence-electron chi connectivity index (χ4n) is 3.72. The summed E-state index contributed by atoms with van der Waals surface area (Å²) in [7, 11) is 1.48. The predicted molar refractivity (Wildman–Crippen MR) is 151 cm³/mol. The van der Waals surface area contributed by atoms with E-state index in [-0.39, 0.29) is 32.0 Å². The number of likely N-dealkylation sites (N-methyl/N-ethyl adjacent to an activating group) is 1. The molecule has 226 valence electrons. The van der Waals surface area contributed by atoms with E-state index in [1.165, 1.54) is 44.9 Å². The maximum Gasteiger partial charge on any atom is 0.472 e. The lowest BCUT2D eigenvalue weighted by atomic mass is 10.1. The van der Waals surface area contributed by atoms with Crippen LogP contribution in [-0.2, 0) is 32.7 Å². The van der Waals surface area contributed by atoms with Crippen LogP contribution in [0.25, 0.3) is 0 Å². The van der Waals surface area contributed by atoms with Crippen molar-refractivity contribution in [1.82, 2.24) is 0 Å². The molecule has 0 aliphatic rings. The molecule has 1 N–H and O–H groups in total. The fraction of sp³-hybridized carbons (Fsp3) is 0.929. The second-order valence-electron chi connectivity index (χ2n) is 11.1. The SMILES string of the molecule is CCCCCCCCCCCCC(=O)O[C@H](COC(=O)CCCCCC)COP(=O)(O)OCC[N+](C)(C)C. The third kappa shape index (κ3) is 25.3. The zero-order chi connectivity index (χ0) is 28.7. The molecule has 0 aromatic carbocycles. The Balaban J connectivity index is 4.50. The topological polar surface area (TPSA) is 108 Å². The first-order chi connectivity index (χ1) is 18.0. The van der Waals surface area contributed by atoms with Crippen molar-refractivity contribution >= 4 is 19.8 Å². The van der Waals surface area contributed by atoms with E-state index in [4.69, 9.17) is 18.5 Å². The van der Waals surface area contributed by atoms with Crippen molar-refractivity contribution in [2.24, 2.45) is 0 Å². The molecule has 0 heterocycles. The monoisotopic (exact) mass is 566 g/mol. The maximum atomic E-state index is 12.4. The van der Waals surface area contributed by atoms with Crippen LogP contribution in [0.5, 0.6) is 0 Å². The Morgan fingerprint density at radius 2 is 1.18 bits per heavy atom. The Hall–Kier alpha value is -0.990. The lowest BCUT2D eigenvalue weighted by Crippen LogP contribution is -2.37. The van der Waals surface area contributed by atoms with Crippen molar-refractivity contribution in [3.63, 3.8) is 0 Å². The quantitative estimate of drug-likeness (QED) is 0.0543. The summed E-state index contributed by atoms with van der Waals surface area (Å²) in [6.45, 7) is 4.24. The van der Waals surface area contributed by atoms with E-state index in [1.54, 1.807) is 0 Å². The van der Waals surface area contributed by atoms with Gasteiger partial charge < -0.3 is 18.9 Å². The lowest BCUT2D eigenvalue weighted by Gasteiger charge is -2.24. The van der Waals surface area contributed by atoms with Gasteiger partial charge in [-0.2, -0.15) is 0 Å². The predicted octanol–water partition coefficient (Wildman–Crippen LogP) is 6.56. The molecule has 0 rings (SSSR count). The van der Waals surface area contributed by atoms with E-state index in [9.17, 15) is 19.0 Å².